The molecule has 1 N–H and O–H groups in total. The predicted molar refractivity (Wildman–Crippen MR) is 59.2 cm³/mol. The van der Waals surface area contributed by atoms with Crippen molar-refractivity contribution in [2.24, 2.45) is 0 Å². The van der Waals surface area contributed by atoms with Gasteiger partial charge in [0.05, 0.1) is 6.92 Å². The molecule has 0 spiro atoms. The first-order valence-corrected chi connectivity index (χ1v) is 7.67. The van der Waals surface area contributed by atoms with Crippen LogP contribution in [-0.4, -0.2) is 26.6 Å². The molecule has 0 saturated heterocycles. The molecule has 0 aromatic heterocycles. The molecule has 0 aromatic carbocycles. The van der Waals surface area contributed by atoms with E-state index in [1.54, 1.807) is 0 Å². The van der Waals surface area contributed by atoms with Crippen LogP contribution < -0.4 is 0 Å². The first kappa shape index (κ1) is 13.0. The molecule has 0 heterocycles. The average molecular weight is 203 g/mol. The van der Waals surface area contributed by atoms with Crippen LogP contribution >= 0.6 is 0 Å². The number of aliphatic hydroxyl groups is 1. The fraction of sp³-hybridized carbons (Fsp3) is 0.900. The number of rotatable bonds is 4. The second kappa shape index (κ2) is 4.49. The van der Waals surface area contributed by atoms with Crippen molar-refractivity contribution < 1.29 is 9.53 Å². The molecule has 0 aliphatic heterocycles. The molecule has 0 rings (SSSR count). The molecular weight excluding hydrogens is 180 g/mol. The summed E-state index contributed by atoms with van der Waals surface area (Å²) < 4.78 is 5.89. The van der Waals surface area contributed by atoms with E-state index in [1.807, 2.05) is 6.92 Å². The molecule has 0 aliphatic rings. The molecule has 0 aliphatic carbocycles. The maximum Gasteiger partial charge on any atom is 0.197 e. The SMILES string of the molecule is C[C+](CO)CO[Si](C)(C)C(C)(C)C. The maximum absolute atomic E-state index is 8.83. The largest absolute Gasteiger partial charge is 0.380 e. The zero-order valence-corrected chi connectivity index (χ0v) is 10.8. The Morgan fingerprint density at radius 3 is 2.08 bits per heavy atom. The molecule has 3 heteroatoms. The van der Waals surface area contributed by atoms with Crippen molar-refractivity contribution in [3.05, 3.63) is 5.92 Å². The summed E-state index contributed by atoms with van der Waals surface area (Å²) in [5.41, 5.74) is 0. The first-order valence-electron chi connectivity index (χ1n) is 4.77. The molecule has 0 aromatic rings. The van der Waals surface area contributed by atoms with Crippen LogP contribution in [0.1, 0.15) is 27.7 Å². The Labute approximate surface area is 83.4 Å². The highest BCUT2D eigenvalue weighted by molar-refractivity contribution is 6.74. The Hall–Kier alpha value is 0.00688. The summed E-state index contributed by atoms with van der Waals surface area (Å²) in [5, 5.41) is 9.09. The molecule has 0 bridgehead atoms. The number of hydrogen-bond acceptors (Lipinski definition) is 2. The zero-order chi connectivity index (χ0) is 10.7. The van der Waals surface area contributed by atoms with Gasteiger partial charge in [-0.2, -0.15) is 0 Å². The molecule has 0 saturated carbocycles. The van der Waals surface area contributed by atoms with Gasteiger partial charge < -0.3 is 9.53 Å². The molecule has 13 heavy (non-hydrogen) atoms. The summed E-state index contributed by atoms with van der Waals surface area (Å²) in [6.45, 7) is 13.7. The van der Waals surface area contributed by atoms with Crippen LogP contribution in [0.2, 0.25) is 18.1 Å². The van der Waals surface area contributed by atoms with Gasteiger partial charge in [-0.3, -0.25) is 0 Å². The minimum Gasteiger partial charge on any atom is -0.380 e. The summed E-state index contributed by atoms with van der Waals surface area (Å²) in [4.78, 5) is 0. The van der Waals surface area contributed by atoms with Gasteiger partial charge in [-0.1, -0.05) is 20.8 Å². The number of hydrogen-bond donors (Lipinski definition) is 1. The Morgan fingerprint density at radius 1 is 1.31 bits per heavy atom. The van der Waals surface area contributed by atoms with Crippen LogP contribution in [0.15, 0.2) is 0 Å². The van der Waals surface area contributed by atoms with Gasteiger partial charge >= 0.3 is 0 Å². The van der Waals surface area contributed by atoms with Crippen molar-refractivity contribution in [2.45, 2.75) is 45.8 Å². The molecular formula is C10H23O2Si+. The van der Waals surface area contributed by atoms with E-state index in [0.717, 1.165) is 5.92 Å². The molecule has 0 unspecified atom stereocenters. The lowest BCUT2D eigenvalue weighted by Gasteiger charge is -2.35. The second-order valence-corrected chi connectivity index (χ2v) is 9.97. The quantitative estimate of drug-likeness (QED) is 0.562. The van der Waals surface area contributed by atoms with Gasteiger partial charge in [-0.05, 0) is 18.1 Å². The topological polar surface area (TPSA) is 29.5 Å². The highest BCUT2D eigenvalue weighted by Crippen LogP contribution is 2.36. The molecule has 0 atom stereocenters. The summed E-state index contributed by atoms with van der Waals surface area (Å²) in [5.74, 6) is 1.00. The highest BCUT2D eigenvalue weighted by Gasteiger charge is 2.38. The first-order chi connectivity index (χ1) is 5.70. The lowest BCUT2D eigenvalue weighted by Crippen LogP contribution is -2.41. The van der Waals surface area contributed by atoms with Gasteiger partial charge in [0.25, 0.3) is 0 Å². The van der Waals surface area contributed by atoms with E-state index < -0.39 is 8.32 Å². The van der Waals surface area contributed by atoms with E-state index in [1.165, 1.54) is 0 Å². The van der Waals surface area contributed by atoms with Gasteiger partial charge in [0, 0.05) is 0 Å². The van der Waals surface area contributed by atoms with Crippen molar-refractivity contribution in [1.82, 2.24) is 0 Å². The average Bonchev–Trinajstić information content (AvgIpc) is 1.98. The molecule has 0 amide bonds. The van der Waals surface area contributed by atoms with E-state index in [4.69, 9.17) is 9.53 Å². The Morgan fingerprint density at radius 2 is 1.77 bits per heavy atom. The van der Waals surface area contributed by atoms with Crippen LogP contribution in [0.25, 0.3) is 0 Å². The summed E-state index contributed by atoms with van der Waals surface area (Å²) in [6.07, 6.45) is 0. The highest BCUT2D eigenvalue weighted by atomic mass is 28.4. The van der Waals surface area contributed by atoms with Crippen LogP contribution in [0.4, 0.5) is 0 Å². The zero-order valence-electron chi connectivity index (χ0n) is 9.77. The van der Waals surface area contributed by atoms with Gasteiger partial charge in [0.1, 0.15) is 5.92 Å². The van der Waals surface area contributed by atoms with Crippen molar-refractivity contribution >= 4 is 8.32 Å². The van der Waals surface area contributed by atoms with Crippen LogP contribution in [0.5, 0.6) is 0 Å². The van der Waals surface area contributed by atoms with E-state index in [2.05, 4.69) is 33.9 Å². The van der Waals surface area contributed by atoms with E-state index in [-0.39, 0.29) is 11.6 Å². The second-order valence-electron chi connectivity index (χ2n) is 5.16. The lowest BCUT2D eigenvalue weighted by atomic mass is 10.2. The van der Waals surface area contributed by atoms with Crippen LogP contribution in [0.3, 0.4) is 0 Å². The maximum atomic E-state index is 8.83. The fourth-order valence-electron chi connectivity index (χ4n) is 0.566. The minimum atomic E-state index is -1.62. The normalized spacial score (nSPS) is 13.2. The molecule has 0 fully saturated rings. The fourth-order valence-corrected chi connectivity index (χ4v) is 1.61. The van der Waals surface area contributed by atoms with Crippen LogP contribution in [0, 0.1) is 5.92 Å². The number of aliphatic hydroxyl groups excluding tert-OH is 1. The third kappa shape index (κ3) is 4.16. The van der Waals surface area contributed by atoms with Crippen molar-refractivity contribution in [3.63, 3.8) is 0 Å². The molecule has 0 radical (unpaired) electrons. The van der Waals surface area contributed by atoms with Crippen molar-refractivity contribution in [2.75, 3.05) is 13.2 Å². The van der Waals surface area contributed by atoms with Gasteiger partial charge in [0.2, 0.25) is 0 Å². The summed E-state index contributed by atoms with van der Waals surface area (Å²) in [7, 11) is -1.62. The Balaban J connectivity index is 4.04. The van der Waals surface area contributed by atoms with Crippen molar-refractivity contribution in [3.8, 4) is 0 Å². The van der Waals surface area contributed by atoms with E-state index in [9.17, 15) is 0 Å². The molecule has 2 nitrogen and oxygen atoms in total. The summed E-state index contributed by atoms with van der Waals surface area (Å²) in [6, 6.07) is 0. The van der Waals surface area contributed by atoms with Gasteiger partial charge in [-0.15, -0.1) is 0 Å². The monoisotopic (exact) mass is 203 g/mol. The van der Waals surface area contributed by atoms with E-state index in [0.29, 0.717) is 6.61 Å². The Kier molecular flexibility index (Phi) is 4.49. The predicted octanol–water partition coefficient (Wildman–Crippen LogP) is 2.59. The van der Waals surface area contributed by atoms with Crippen molar-refractivity contribution in [1.29, 1.82) is 0 Å². The molecule has 78 valence electrons. The van der Waals surface area contributed by atoms with Crippen LogP contribution in [-0.2, 0) is 4.43 Å². The van der Waals surface area contributed by atoms with Gasteiger partial charge in [0.15, 0.2) is 21.5 Å². The smallest absolute Gasteiger partial charge is 0.197 e. The standard InChI is InChI=1S/C10H23O2Si/c1-9(7-11)8-12-13(5,6)10(2,3)4/h11H,7-8H2,1-6H3/q+1. The van der Waals surface area contributed by atoms with E-state index >= 15 is 0 Å². The summed E-state index contributed by atoms with van der Waals surface area (Å²) >= 11 is 0. The third-order valence-electron chi connectivity index (χ3n) is 2.76. The van der Waals surface area contributed by atoms with Gasteiger partial charge in [-0.25, -0.2) is 0 Å². The third-order valence-corrected chi connectivity index (χ3v) is 7.23. The lowest BCUT2D eigenvalue weighted by molar-refractivity contribution is 0.245. The minimum absolute atomic E-state index is 0.134. The Bertz CT molecular complexity index is 149.